The summed E-state index contributed by atoms with van der Waals surface area (Å²) in [5.74, 6) is -4.12. The predicted octanol–water partition coefficient (Wildman–Crippen LogP) is -0.755. The van der Waals surface area contributed by atoms with E-state index < -0.39 is 48.2 Å². The molecule has 0 spiro atoms. The predicted molar refractivity (Wildman–Crippen MR) is 117 cm³/mol. The molecule has 4 amide bonds. The van der Waals surface area contributed by atoms with Crippen molar-refractivity contribution in [2.45, 2.75) is 84.0 Å². The first-order chi connectivity index (χ1) is 15.0. The Balaban J connectivity index is 2.95. The van der Waals surface area contributed by atoms with Crippen LogP contribution in [0.3, 0.4) is 0 Å². The van der Waals surface area contributed by atoms with Crippen LogP contribution in [0.4, 0.5) is 0 Å². The van der Waals surface area contributed by atoms with E-state index >= 15 is 0 Å². The average Bonchev–Trinajstić information content (AvgIpc) is 3.24. The molecule has 1 saturated heterocycles. The maximum atomic E-state index is 12.9. The van der Waals surface area contributed by atoms with Gasteiger partial charge in [-0.2, -0.15) is 0 Å². The van der Waals surface area contributed by atoms with Gasteiger partial charge in [-0.3, -0.25) is 19.2 Å². The van der Waals surface area contributed by atoms with Crippen molar-refractivity contribution < 1.29 is 29.1 Å². The lowest BCUT2D eigenvalue weighted by Gasteiger charge is -2.26. The van der Waals surface area contributed by atoms with Gasteiger partial charge in [0.1, 0.15) is 18.1 Å². The number of carboxylic acids is 1. The van der Waals surface area contributed by atoms with Crippen molar-refractivity contribution in [3.05, 3.63) is 0 Å². The largest absolute Gasteiger partial charge is 0.480 e. The highest BCUT2D eigenvalue weighted by Gasteiger charge is 2.33. The Morgan fingerprint density at radius 3 is 2.12 bits per heavy atom. The number of rotatable bonds is 13. The first kappa shape index (κ1) is 27.3. The van der Waals surface area contributed by atoms with E-state index in [-0.39, 0.29) is 23.8 Å². The van der Waals surface area contributed by atoms with Gasteiger partial charge in [0.05, 0.1) is 12.5 Å². The number of carboxylic acid groups (broad SMARTS) is 1. The highest BCUT2D eigenvalue weighted by molar-refractivity contribution is 5.96. The van der Waals surface area contributed by atoms with Gasteiger partial charge < -0.3 is 32.1 Å². The summed E-state index contributed by atoms with van der Waals surface area (Å²) in [5, 5.41) is 20.0. The molecule has 0 aliphatic carbocycles. The molecule has 0 aromatic carbocycles. The molecule has 5 atom stereocenters. The van der Waals surface area contributed by atoms with Crippen molar-refractivity contribution in [2.75, 3.05) is 6.54 Å². The van der Waals surface area contributed by atoms with Crippen LogP contribution in [0, 0.1) is 11.8 Å². The average molecular weight is 456 g/mol. The summed E-state index contributed by atoms with van der Waals surface area (Å²) in [4.78, 5) is 61.2. The van der Waals surface area contributed by atoms with E-state index in [9.17, 15) is 29.1 Å². The van der Waals surface area contributed by atoms with E-state index in [2.05, 4.69) is 21.3 Å². The Kier molecular flexibility index (Phi) is 11.1. The molecule has 0 saturated carbocycles. The molecule has 1 fully saturated rings. The van der Waals surface area contributed by atoms with Crippen molar-refractivity contribution in [3.63, 3.8) is 0 Å². The summed E-state index contributed by atoms with van der Waals surface area (Å²) in [6.07, 6.45) is 1.85. The molecule has 0 aromatic rings. The molecule has 11 heteroatoms. The highest BCUT2D eigenvalue weighted by Crippen LogP contribution is 2.11. The molecular weight excluding hydrogens is 418 g/mol. The third-order valence-electron chi connectivity index (χ3n) is 5.53. The lowest BCUT2D eigenvalue weighted by Crippen LogP contribution is -2.58. The van der Waals surface area contributed by atoms with Crippen LogP contribution in [-0.4, -0.2) is 65.4 Å². The van der Waals surface area contributed by atoms with Crippen LogP contribution in [0.1, 0.15) is 59.8 Å². The third kappa shape index (κ3) is 8.81. The van der Waals surface area contributed by atoms with Gasteiger partial charge in [-0.1, -0.05) is 34.1 Å². The van der Waals surface area contributed by atoms with E-state index in [0.29, 0.717) is 19.3 Å². The van der Waals surface area contributed by atoms with Crippen LogP contribution in [0.5, 0.6) is 0 Å². The maximum absolute atomic E-state index is 12.9. The van der Waals surface area contributed by atoms with Crippen molar-refractivity contribution >= 4 is 29.6 Å². The molecule has 0 aromatic heterocycles. The summed E-state index contributed by atoms with van der Waals surface area (Å²) < 4.78 is 0. The number of carbonyl (C=O) groups excluding carboxylic acids is 4. The van der Waals surface area contributed by atoms with Gasteiger partial charge >= 0.3 is 5.97 Å². The minimum atomic E-state index is -1.36. The molecule has 0 bridgehead atoms. The highest BCUT2D eigenvalue weighted by atomic mass is 16.4. The molecule has 1 rings (SSSR count). The molecule has 1 aliphatic rings. The number of carbonyl (C=O) groups is 5. The molecule has 1 aliphatic heterocycles. The van der Waals surface area contributed by atoms with Crippen molar-refractivity contribution in [2.24, 2.45) is 17.6 Å². The summed E-state index contributed by atoms with van der Waals surface area (Å²) in [6.45, 7) is 7.95. The number of hydrogen-bond acceptors (Lipinski definition) is 6. The van der Waals surface area contributed by atoms with Gasteiger partial charge in [-0.15, -0.1) is 0 Å². The van der Waals surface area contributed by atoms with Gasteiger partial charge in [-0.25, -0.2) is 4.79 Å². The molecule has 0 radical (unpaired) electrons. The number of aliphatic carboxylic acids is 1. The summed E-state index contributed by atoms with van der Waals surface area (Å²) in [6, 6.07) is -3.84. The summed E-state index contributed by atoms with van der Waals surface area (Å²) in [7, 11) is 0. The smallest absolute Gasteiger partial charge is 0.326 e. The lowest BCUT2D eigenvalue weighted by molar-refractivity contribution is -0.144. The second kappa shape index (κ2) is 13.0. The number of primary amides is 1. The Labute approximate surface area is 188 Å². The van der Waals surface area contributed by atoms with Gasteiger partial charge in [0.2, 0.25) is 23.6 Å². The third-order valence-corrected chi connectivity index (χ3v) is 5.53. The van der Waals surface area contributed by atoms with Crippen molar-refractivity contribution in [3.8, 4) is 0 Å². The van der Waals surface area contributed by atoms with E-state index in [1.165, 1.54) is 0 Å². The first-order valence-electron chi connectivity index (χ1n) is 11.1. The standard InChI is InChI=1S/C21H37N5O6/c1-5-12(4)17(21(31)32)26-20(30)15(10-16(22)27)25-19(29)14(9-11(2)3)24-18(28)13-7-6-8-23-13/h11-15,17,23H,5-10H2,1-4H3,(H2,22,27)(H,24,28)(H,25,29)(H,26,30)(H,31,32). The fraction of sp³-hybridized carbons (Fsp3) is 0.762. The summed E-state index contributed by atoms with van der Waals surface area (Å²) >= 11 is 0. The molecular formula is C21H37N5O6. The topological polar surface area (TPSA) is 180 Å². The van der Waals surface area contributed by atoms with Crippen molar-refractivity contribution in [1.82, 2.24) is 21.3 Å². The normalized spacial score (nSPS) is 19.5. The van der Waals surface area contributed by atoms with Crippen LogP contribution in [0.2, 0.25) is 0 Å². The Bertz CT molecular complexity index is 692. The Morgan fingerprint density at radius 1 is 1.03 bits per heavy atom. The first-order valence-corrected chi connectivity index (χ1v) is 11.1. The molecule has 182 valence electrons. The van der Waals surface area contributed by atoms with Gasteiger partial charge in [-0.05, 0) is 37.6 Å². The summed E-state index contributed by atoms with van der Waals surface area (Å²) in [5.41, 5.74) is 5.24. The second-order valence-corrected chi connectivity index (χ2v) is 8.78. The zero-order valence-corrected chi connectivity index (χ0v) is 19.3. The Morgan fingerprint density at radius 2 is 1.66 bits per heavy atom. The molecule has 32 heavy (non-hydrogen) atoms. The van der Waals surface area contributed by atoms with Crippen LogP contribution in [0.15, 0.2) is 0 Å². The van der Waals surface area contributed by atoms with Crippen LogP contribution in [-0.2, 0) is 24.0 Å². The van der Waals surface area contributed by atoms with Crippen LogP contribution in [0.25, 0.3) is 0 Å². The van der Waals surface area contributed by atoms with Gasteiger partial charge in [0.25, 0.3) is 0 Å². The minimum absolute atomic E-state index is 0.0628. The molecule has 1 heterocycles. The van der Waals surface area contributed by atoms with Crippen LogP contribution >= 0.6 is 0 Å². The fourth-order valence-corrected chi connectivity index (χ4v) is 3.50. The maximum Gasteiger partial charge on any atom is 0.326 e. The van der Waals surface area contributed by atoms with E-state index in [0.717, 1.165) is 13.0 Å². The van der Waals surface area contributed by atoms with Crippen molar-refractivity contribution in [1.29, 1.82) is 0 Å². The van der Waals surface area contributed by atoms with Crippen LogP contribution < -0.4 is 27.0 Å². The quantitative estimate of drug-likeness (QED) is 0.211. The SMILES string of the molecule is CCC(C)C(NC(=O)C(CC(N)=O)NC(=O)C(CC(C)C)NC(=O)C1CCCN1)C(=O)O. The lowest BCUT2D eigenvalue weighted by atomic mass is 9.98. The number of amides is 4. The van der Waals surface area contributed by atoms with E-state index in [1.54, 1.807) is 13.8 Å². The number of nitrogens with two attached hydrogens (primary N) is 1. The zero-order valence-electron chi connectivity index (χ0n) is 19.3. The minimum Gasteiger partial charge on any atom is -0.480 e. The number of hydrogen-bond donors (Lipinski definition) is 6. The zero-order chi connectivity index (χ0) is 24.4. The van der Waals surface area contributed by atoms with E-state index in [4.69, 9.17) is 5.73 Å². The molecule has 7 N–H and O–H groups in total. The molecule has 11 nitrogen and oxygen atoms in total. The number of nitrogens with one attached hydrogen (secondary N) is 4. The van der Waals surface area contributed by atoms with E-state index in [1.807, 2.05) is 13.8 Å². The Hall–Kier alpha value is -2.69. The van der Waals surface area contributed by atoms with Gasteiger partial charge in [0.15, 0.2) is 0 Å². The fourth-order valence-electron chi connectivity index (χ4n) is 3.50. The monoisotopic (exact) mass is 455 g/mol. The second-order valence-electron chi connectivity index (χ2n) is 8.78. The van der Waals surface area contributed by atoms with Gasteiger partial charge in [0, 0.05) is 0 Å². The molecule has 5 unspecified atom stereocenters.